The third kappa shape index (κ3) is 1.75. The summed E-state index contributed by atoms with van der Waals surface area (Å²) < 4.78 is 2.39. The van der Waals surface area contributed by atoms with Crippen molar-refractivity contribution in [1.29, 1.82) is 0 Å². The van der Waals surface area contributed by atoms with E-state index in [1.165, 1.54) is 38.5 Å². The van der Waals surface area contributed by atoms with Gasteiger partial charge >= 0.3 is 0 Å². The van der Waals surface area contributed by atoms with Gasteiger partial charge in [0.1, 0.15) is 0 Å². The third-order valence-corrected chi connectivity index (χ3v) is 5.43. The standard InChI is InChI=1S/C15H23N3/c1-10(14-9-11-2-3-12(14)8-11)18-7-6-16-15(18)17-13-4-5-13/h6-7,10-14H,2-5,8-9H2,1H3,(H,16,17). The topological polar surface area (TPSA) is 29.9 Å². The summed E-state index contributed by atoms with van der Waals surface area (Å²) in [4.78, 5) is 4.50. The summed E-state index contributed by atoms with van der Waals surface area (Å²) in [5, 5.41) is 3.56. The average molecular weight is 245 g/mol. The first-order valence-corrected chi connectivity index (χ1v) is 7.60. The maximum atomic E-state index is 4.50. The number of nitrogens with zero attached hydrogens (tertiary/aromatic N) is 2. The number of anilines is 1. The molecule has 0 radical (unpaired) electrons. The van der Waals surface area contributed by atoms with Gasteiger partial charge in [0.15, 0.2) is 0 Å². The Kier molecular flexibility index (Phi) is 2.42. The fourth-order valence-corrected chi connectivity index (χ4v) is 4.25. The molecule has 4 rings (SSSR count). The molecule has 3 aliphatic carbocycles. The van der Waals surface area contributed by atoms with Gasteiger partial charge in [-0.15, -0.1) is 0 Å². The molecule has 1 heterocycles. The lowest BCUT2D eigenvalue weighted by Crippen LogP contribution is -2.23. The van der Waals surface area contributed by atoms with Crippen LogP contribution in [0.1, 0.15) is 51.5 Å². The maximum Gasteiger partial charge on any atom is 0.203 e. The van der Waals surface area contributed by atoms with Crippen LogP contribution in [0, 0.1) is 17.8 Å². The highest BCUT2D eigenvalue weighted by Gasteiger charge is 2.42. The van der Waals surface area contributed by atoms with Gasteiger partial charge in [0.25, 0.3) is 0 Å². The maximum absolute atomic E-state index is 4.50. The van der Waals surface area contributed by atoms with Crippen LogP contribution in [0.5, 0.6) is 0 Å². The van der Waals surface area contributed by atoms with Crippen molar-refractivity contribution < 1.29 is 0 Å². The number of hydrogen-bond acceptors (Lipinski definition) is 2. The molecule has 18 heavy (non-hydrogen) atoms. The second-order valence-electron chi connectivity index (χ2n) is 6.66. The molecule has 1 aromatic heterocycles. The molecule has 3 nitrogen and oxygen atoms in total. The lowest BCUT2D eigenvalue weighted by molar-refractivity contribution is 0.244. The Labute approximate surface area is 109 Å². The van der Waals surface area contributed by atoms with Crippen LogP contribution in [0.4, 0.5) is 5.95 Å². The van der Waals surface area contributed by atoms with Gasteiger partial charge in [-0.25, -0.2) is 4.98 Å². The molecule has 1 N–H and O–H groups in total. The zero-order valence-corrected chi connectivity index (χ0v) is 11.2. The second-order valence-corrected chi connectivity index (χ2v) is 6.66. The monoisotopic (exact) mass is 245 g/mol. The predicted molar refractivity (Wildman–Crippen MR) is 72.5 cm³/mol. The van der Waals surface area contributed by atoms with Gasteiger partial charge < -0.3 is 9.88 Å². The Balaban J connectivity index is 1.53. The first-order chi connectivity index (χ1) is 8.81. The summed E-state index contributed by atoms with van der Waals surface area (Å²) in [5.41, 5.74) is 0. The van der Waals surface area contributed by atoms with Crippen molar-refractivity contribution in [2.24, 2.45) is 17.8 Å². The summed E-state index contributed by atoms with van der Waals surface area (Å²) in [6.07, 6.45) is 12.7. The summed E-state index contributed by atoms with van der Waals surface area (Å²) >= 11 is 0. The van der Waals surface area contributed by atoms with Gasteiger partial charge in [0, 0.05) is 24.5 Å². The van der Waals surface area contributed by atoms with Gasteiger partial charge in [-0.2, -0.15) is 0 Å². The highest BCUT2D eigenvalue weighted by atomic mass is 15.2. The van der Waals surface area contributed by atoms with E-state index in [9.17, 15) is 0 Å². The zero-order chi connectivity index (χ0) is 12.1. The number of fused-ring (bicyclic) bond motifs is 2. The lowest BCUT2D eigenvalue weighted by atomic mass is 9.84. The largest absolute Gasteiger partial charge is 0.353 e. The van der Waals surface area contributed by atoms with Crippen LogP contribution in [-0.2, 0) is 0 Å². The molecule has 2 bridgehead atoms. The Morgan fingerprint density at radius 2 is 2.17 bits per heavy atom. The number of hydrogen-bond donors (Lipinski definition) is 1. The highest BCUT2D eigenvalue weighted by molar-refractivity contribution is 5.30. The average Bonchev–Trinajstić information content (AvgIpc) is 2.83. The van der Waals surface area contributed by atoms with Crippen LogP contribution in [0.15, 0.2) is 12.4 Å². The van der Waals surface area contributed by atoms with E-state index in [0.717, 1.165) is 23.7 Å². The summed E-state index contributed by atoms with van der Waals surface area (Å²) in [5.74, 6) is 4.01. The van der Waals surface area contributed by atoms with E-state index < -0.39 is 0 Å². The van der Waals surface area contributed by atoms with Crippen LogP contribution in [0.3, 0.4) is 0 Å². The molecule has 3 fully saturated rings. The van der Waals surface area contributed by atoms with Gasteiger partial charge in [-0.3, -0.25) is 0 Å². The number of aromatic nitrogens is 2. The molecule has 4 unspecified atom stereocenters. The first kappa shape index (κ1) is 10.9. The van der Waals surface area contributed by atoms with Crippen molar-refractivity contribution in [3.05, 3.63) is 12.4 Å². The summed E-state index contributed by atoms with van der Waals surface area (Å²) in [7, 11) is 0. The molecule has 3 aliphatic rings. The molecule has 3 saturated carbocycles. The van der Waals surface area contributed by atoms with Crippen LogP contribution < -0.4 is 5.32 Å². The van der Waals surface area contributed by atoms with Gasteiger partial charge in [-0.05, 0) is 56.8 Å². The van der Waals surface area contributed by atoms with E-state index in [4.69, 9.17) is 0 Å². The zero-order valence-electron chi connectivity index (χ0n) is 11.2. The van der Waals surface area contributed by atoms with Crippen LogP contribution in [0.25, 0.3) is 0 Å². The highest BCUT2D eigenvalue weighted by Crippen LogP contribution is 2.52. The molecule has 0 saturated heterocycles. The van der Waals surface area contributed by atoms with Crippen LogP contribution in [0.2, 0.25) is 0 Å². The van der Waals surface area contributed by atoms with E-state index in [1.807, 2.05) is 6.20 Å². The van der Waals surface area contributed by atoms with Crippen molar-refractivity contribution in [2.45, 2.75) is 57.5 Å². The summed E-state index contributed by atoms with van der Waals surface area (Å²) in [6.45, 7) is 2.39. The quantitative estimate of drug-likeness (QED) is 0.880. The molecule has 0 aliphatic heterocycles. The molecule has 4 atom stereocenters. The fraction of sp³-hybridized carbons (Fsp3) is 0.800. The number of rotatable bonds is 4. The van der Waals surface area contributed by atoms with Crippen molar-refractivity contribution in [3.63, 3.8) is 0 Å². The molecule has 3 heteroatoms. The molecule has 98 valence electrons. The Bertz CT molecular complexity index is 435. The second kappa shape index (κ2) is 4.01. The van der Waals surface area contributed by atoms with Crippen molar-refractivity contribution in [3.8, 4) is 0 Å². The molecule has 0 amide bonds. The molecule has 0 aromatic carbocycles. The lowest BCUT2D eigenvalue weighted by Gasteiger charge is -2.29. The summed E-state index contributed by atoms with van der Waals surface area (Å²) in [6, 6.07) is 1.31. The Morgan fingerprint density at radius 1 is 1.28 bits per heavy atom. The minimum atomic E-state index is 0.615. The Hall–Kier alpha value is -0.990. The smallest absolute Gasteiger partial charge is 0.203 e. The van der Waals surface area contributed by atoms with Crippen LogP contribution >= 0.6 is 0 Å². The number of imidazole rings is 1. The molecule has 1 aromatic rings. The van der Waals surface area contributed by atoms with E-state index in [1.54, 1.807) is 0 Å². The van der Waals surface area contributed by atoms with Gasteiger partial charge in [0.2, 0.25) is 5.95 Å². The van der Waals surface area contributed by atoms with Gasteiger partial charge in [0.05, 0.1) is 0 Å². The van der Waals surface area contributed by atoms with E-state index in [0.29, 0.717) is 12.1 Å². The van der Waals surface area contributed by atoms with E-state index in [-0.39, 0.29) is 0 Å². The Morgan fingerprint density at radius 3 is 2.83 bits per heavy atom. The fourth-order valence-electron chi connectivity index (χ4n) is 4.25. The molecular formula is C15H23N3. The predicted octanol–water partition coefficient (Wildman–Crippen LogP) is 3.45. The minimum absolute atomic E-state index is 0.615. The minimum Gasteiger partial charge on any atom is -0.353 e. The molecular weight excluding hydrogens is 222 g/mol. The van der Waals surface area contributed by atoms with Gasteiger partial charge in [-0.1, -0.05) is 6.42 Å². The molecule has 0 spiro atoms. The number of nitrogens with one attached hydrogen (secondary N) is 1. The van der Waals surface area contributed by atoms with E-state index in [2.05, 4.69) is 28.0 Å². The first-order valence-electron chi connectivity index (χ1n) is 7.60. The van der Waals surface area contributed by atoms with Crippen molar-refractivity contribution in [2.75, 3.05) is 5.32 Å². The normalized spacial score (nSPS) is 35.9. The van der Waals surface area contributed by atoms with E-state index >= 15 is 0 Å². The third-order valence-electron chi connectivity index (χ3n) is 5.43. The van der Waals surface area contributed by atoms with Crippen molar-refractivity contribution >= 4 is 5.95 Å². The van der Waals surface area contributed by atoms with Crippen LogP contribution in [-0.4, -0.2) is 15.6 Å². The SMILES string of the molecule is CC(C1CC2CCC1C2)n1ccnc1NC1CC1. The van der Waals surface area contributed by atoms with Crippen molar-refractivity contribution in [1.82, 2.24) is 9.55 Å².